The first-order chi connectivity index (χ1) is 14.4. The second-order valence-electron chi connectivity index (χ2n) is 7.30. The van der Waals surface area contributed by atoms with Crippen LogP contribution in [0.4, 0.5) is 16.2 Å². The molecule has 8 nitrogen and oxygen atoms in total. The van der Waals surface area contributed by atoms with Crippen molar-refractivity contribution in [1.29, 1.82) is 0 Å². The van der Waals surface area contributed by atoms with Crippen molar-refractivity contribution in [2.45, 2.75) is 13.3 Å². The number of carboxylic acids is 1. The molecule has 1 saturated heterocycles. The van der Waals surface area contributed by atoms with E-state index in [0.717, 1.165) is 28.9 Å². The summed E-state index contributed by atoms with van der Waals surface area (Å²) >= 11 is 0. The summed E-state index contributed by atoms with van der Waals surface area (Å²) in [6.45, 7) is 2.95. The average molecular weight is 407 g/mol. The number of carboxylic acid groups (broad SMARTS) is 2. The maximum Gasteiger partial charge on any atom is 0.409 e. The first-order valence-corrected chi connectivity index (χ1v) is 9.57. The van der Waals surface area contributed by atoms with Crippen molar-refractivity contribution >= 4 is 23.4 Å². The maximum absolute atomic E-state index is 11.2. The molecule has 1 aromatic heterocycles. The number of amides is 1. The Hall–Kier alpha value is -3.81. The number of aliphatic carboxylic acids is 1. The van der Waals surface area contributed by atoms with Gasteiger partial charge < -0.3 is 19.6 Å². The number of aryl methyl sites for hydroxylation is 1. The fraction of sp³-hybridized carbons (Fsp3) is 0.227. The number of anilines is 2. The highest BCUT2D eigenvalue weighted by molar-refractivity contribution is 5.89. The summed E-state index contributed by atoms with van der Waals surface area (Å²) < 4.78 is 5.30. The van der Waals surface area contributed by atoms with E-state index in [0.29, 0.717) is 30.1 Å². The minimum Gasteiger partial charge on any atom is -0.481 e. The van der Waals surface area contributed by atoms with Crippen LogP contribution in [0, 0.1) is 12.8 Å². The number of benzene rings is 2. The summed E-state index contributed by atoms with van der Waals surface area (Å²) in [5, 5.41) is 24.3. The lowest BCUT2D eigenvalue weighted by Crippen LogP contribution is -2.22. The van der Waals surface area contributed by atoms with E-state index in [-0.39, 0.29) is 5.92 Å². The Bertz CT molecular complexity index is 1070. The van der Waals surface area contributed by atoms with Gasteiger partial charge in [0.25, 0.3) is 0 Å². The first kappa shape index (κ1) is 19.5. The zero-order valence-corrected chi connectivity index (χ0v) is 16.3. The van der Waals surface area contributed by atoms with Crippen LogP contribution in [0.25, 0.3) is 22.5 Å². The van der Waals surface area contributed by atoms with E-state index >= 15 is 0 Å². The molecule has 3 N–H and O–H groups in total. The number of nitrogens with one attached hydrogen (secondary N) is 1. The lowest BCUT2D eigenvalue weighted by molar-refractivity contribution is -0.140. The molecule has 0 spiro atoms. The van der Waals surface area contributed by atoms with E-state index in [1.807, 2.05) is 48.5 Å². The Balaban J connectivity index is 1.51. The quantitative estimate of drug-likeness (QED) is 0.577. The minimum atomic E-state index is -1.17. The molecule has 2 heterocycles. The Morgan fingerprint density at radius 2 is 1.63 bits per heavy atom. The van der Waals surface area contributed by atoms with Gasteiger partial charge in [0.1, 0.15) is 11.4 Å². The maximum atomic E-state index is 11.2. The van der Waals surface area contributed by atoms with Crippen LogP contribution in [-0.2, 0) is 4.79 Å². The monoisotopic (exact) mass is 407 g/mol. The molecule has 1 aliphatic rings. The van der Waals surface area contributed by atoms with Crippen LogP contribution in [0.2, 0.25) is 0 Å². The number of rotatable bonds is 5. The summed E-state index contributed by atoms with van der Waals surface area (Å²) in [5.74, 6) is -0.672. The van der Waals surface area contributed by atoms with E-state index in [2.05, 4.69) is 15.4 Å². The Morgan fingerprint density at radius 3 is 2.20 bits per heavy atom. The Kier molecular flexibility index (Phi) is 5.14. The molecule has 2 aromatic carbocycles. The molecule has 8 heteroatoms. The molecule has 1 atom stereocenters. The van der Waals surface area contributed by atoms with Crippen LogP contribution in [0.1, 0.15) is 12.1 Å². The second kappa shape index (κ2) is 7.90. The zero-order valence-electron chi connectivity index (χ0n) is 16.3. The van der Waals surface area contributed by atoms with Gasteiger partial charge in [-0.3, -0.25) is 10.1 Å². The van der Waals surface area contributed by atoms with Gasteiger partial charge in [0.2, 0.25) is 0 Å². The van der Waals surface area contributed by atoms with Crippen molar-refractivity contribution in [1.82, 2.24) is 5.16 Å². The van der Waals surface area contributed by atoms with Gasteiger partial charge >= 0.3 is 12.1 Å². The van der Waals surface area contributed by atoms with Crippen LogP contribution in [-0.4, -0.2) is 40.5 Å². The standard InChI is InChI=1S/C22H21N3O5/c1-13-19(23-22(28)29)20(30-24-13)16-4-2-14(3-5-16)15-6-8-18(9-7-15)25-11-10-17(12-25)21(26)27/h2-9,17,23H,10-12H2,1H3,(H,26,27)(H,28,29)/t17-/m1/s1. The highest BCUT2D eigenvalue weighted by Gasteiger charge is 2.28. The lowest BCUT2D eigenvalue weighted by atomic mass is 10.0. The van der Waals surface area contributed by atoms with Gasteiger partial charge in [0, 0.05) is 24.3 Å². The van der Waals surface area contributed by atoms with Crippen LogP contribution >= 0.6 is 0 Å². The fourth-order valence-electron chi connectivity index (χ4n) is 3.70. The number of carbonyl (C=O) groups is 2. The SMILES string of the molecule is Cc1noc(-c2ccc(-c3ccc(N4CC[C@@H](C(=O)O)C4)cc3)cc2)c1NC(=O)O. The highest BCUT2D eigenvalue weighted by atomic mass is 16.5. The summed E-state index contributed by atoms with van der Waals surface area (Å²) in [4.78, 5) is 24.2. The van der Waals surface area contributed by atoms with Gasteiger partial charge in [-0.05, 0) is 36.6 Å². The topological polar surface area (TPSA) is 116 Å². The molecule has 154 valence electrons. The van der Waals surface area contributed by atoms with Crippen molar-refractivity contribution in [3.8, 4) is 22.5 Å². The van der Waals surface area contributed by atoms with Crippen LogP contribution in [0.3, 0.4) is 0 Å². The third kappa shape index (κ3) is 3.84. The minimum absolute atomic E-state index is 0.308. The molecule has 0 bridgehead atoms. The molecule has 0 radical (unpaired) electrons. The fourth-order valence-corrected chi connectivity index (χ4v) is 3.70. The molecule has 0 saturated carbocycles. The molecule has 3 aromatic rings. The highest BCUT2D eigenvalue weighted by Crippen LogP contribution is 2.33. The van der Waals surface area contributed by atoms with Crippen molar-refractivity contribution < 1.29 is 24.3 Å². The molecule has 1 fully saturated rings. The molecule has 0 aliphatic carbocycles. The van der Waals surface area contributed by atoms with Crippen molar-refractivity contribution in [3.05, 3.63) is 54.2 Å². The van der Waals surface area contributed by atoms with E-state index < -0.39 is 12.1 Å². The molecular formula is C22H21N3O5. The molecular weight excluding hydrogens is 386 g/mol. The van der Waals surface area contributed by atoms with Crippen molar-refractivity contribution in [2.75, 3.05) is 23.3 Å². The van der Waals surface area contributed by atoms with E-state index in [1.54, 1.807) is 6.92 Å². The van der Waals surface area contributed by atoms with Gasteiger partial charge in [-0.2, -0.15) is 0 Å². The first-order valence-electron chi connectivity index (χ1n) is 9.57. The summed E-state index contributed by atoms with van der Waals surface area (Å²) in [7, 11) is 0. The van der Waals surface area contributed by atoms with Gasteiger partial charge in [-0.25, -0.2) is 4.79 Å². The molecule has 30 heavy (non-hydrogen) atoms. The zero-order chi connectivity index (χ0) is 21.3. The average Bonchev–Trinajstić information content (AvgIpc) is 3.36. The normalized spacial score (nSPS) is 15.9. The van der Waals surface area contributed by atoms with Crippen molar-refractivity contribution in [2.24, 2.45) is 5.92 Å². The van der Waals surface area contributed by atoms with Crippen molar-refractivity contribution in [3.63, 3.8) is 0 Å². The van der Waals surface area contributed by atoms with E-state index in [9.17, 15) is 9.59 Å². The third-order valence-electron chi connectivity index (χ3n) is 5.35. The summed E-state index contributed by atoms with van der Waals surface area (Å²) in [6.07, 6.45) is -0.509. The van der Waals surface area contributed by atoms with Gasteiger partial charge in [-0.15, -0.1) is 0 Å². The predicted molar refractivity (Wildman–Crippen MR) is 112 cm³/mol. The number of hydrogen-bond acceptors (Lipinski definition) is 5. The largest absolute Gasteiger partial charge is 0.481 e. The predicted octanol–water partition coefficient (Wildman–Crippen LogP) is 4.32. The van der Waals surface area contributed by atoms with Crippen LogP contribution in [0.5, 0.6) is 0 Å². The third-order valence-corrected chi connectivity index (χ3v) is 5.35. The molecule has 1 amide bonds. The number of hydrogen-bond donors (Lipinski definition) is 3. The van der Waals surface area contributed by atoms with Crippen LogP contribution in [0.15, 0.2) is 53.1 Å². The molecule has 1 aliphatic heterocycles. The molecule has 0 unspecified atom stereocenters. The Morgan fingerprint density at radius 1 is 1.03 bits per heavy atom. The van der Waals surface area contributed by atoms with Gasteiger partial charge in [0.15, 0.2) is 5.76 Å². The summed E-state index contributed by atoms with van der Waals surface area (Å²) in [6, 6.07) is 15.6. The second-order valence-corrected chi connectivity index (χ2v) is 7.30. The van der Waals surface area contributed by atoms with E-state index in [4.69, 9.17) is 14.7 Å². The van der Waals surface area contributed by atoms with E-state index in [1.165, 1.54) is 0 Å². The van der Waals surface area contributed by atoms with Gasteiger partial charge in [0.05, 0.1) is 5.92 Å². The number of nitrogens with zero attached hydrogens (tertiary/aromatic N) is 2. The van der Waals surface area contributed by atoms with Gasteiger partial charge in [-0.1, -0.05) is 41.6 Å². The Labute approximate surface area is 172 Å². The lowest BCUT2D eigenvalue weighted by Gasteiger charge is -2.18. The summed E-state index contributed by atoms with van der Waals surface area (Å²) in [5.41, 5.74) is 4.57. The molecule has 4 rings (SSSR count). The van der Waals surface area contributed by atoms with Crippen LogP contribution < -0.4 is 10.2 Å². The number of aromatic nitrogens is 1. The smallest absolute Gasteiger partial charge is 0.409 e.